The lowest BCUT2D eigenvalue weighted by Gasteiger charge is -2.38. The molecule has 0 bridgehead atoms. The molecule has 3 rings (SSSR count). The first-order valence-electron chi connectivity index (χ1n) is 7.44. The highest BCUT2D eigenvalue weighted by Gasteiger charge is 2.41. The molecular formula is C16H20N2O3. The first-order valence-corrected chi connectivity index (χ1v) is 7.44. The number of ether oxygens (including phenoxy) is 1. The van der Waals surface area contributed by atoms with Crippen molar-refractivity contribution in [1.82, 2.24) is 10.2 Å². The van der Waals surface area contributed by atoms with Gasteiger partial charge in [0.25, 0.3) is 0 Å². The third-order valence-electron chi connectivity index (χ3n) is 4.42. The molecule has 2 fully saturated rings. The molecule has 5 heteroatoms. The second-order valence-electron chi connectivity index (χ2n) is 5.86. The summed E-state index contributed by atoms with van der Waals surface area (Å²) in [6.07, 6.45) is 2.87. The molecule has 2 saturated heterocycles. The number of carbonyl (C=O) groups excluding carboxylic acids is 2. The van der Waals surface area contributed by atoms with Crippen LogP contribution >= 0.6 is 0 Å². The zero-order chi connectivity index (χ0) is 14.7. The van der Waals surface area contributed by atoms with Crippen LogP contribution in [0, 0.1) is 0 Å². The topological polar surface area (TPSA) is 58.6 Å². The van der Waals surface area contributed by atoms with Crippen LogP contribution in [0.3, 0.4) is 0 Å². The molecule has 0 aromatic heterocycles. The highest BCUT2D eigenvalue weighted by molar-refractivity contribution is 5.79. The summed E-state index contributed by atoms with van der Waals surface area (Å²) in [5, 5.41) is 3.07. The van der Waals surface area contributed by atoms with Crippen LogP contribution in [0.5, 0.6) is 0 Å². The molecule has 2 heterocycles. The van der Waals surface area contributed by atoms with Gasteiger partial charge in [-0.3, -0.25) is 4.79 Å². The normalized spacial score (nSPS) is 20.4. The summed E-state index contributed by atoms with van der Waals surface area (Å²) in [6, 6.07) is 9.66. The van der Waals surface area contributed by atoms with Crippen LogP contribution in [0.1, 0.15) is 31.2 Å². The van der Waals surface area contributed by atoms with Gasteiger partial charge in [-0.2, -0.15) is 0 Å². The molecule has 1 N–H and O–H groups in total. The third-order valence-corrected chi connectivity index (χ3v) is 4.42. The van der Waals surface area contributed by atoms with Crippen molar-refractivity contribution in [3.63, 3.8) is 0 Å². The maximum atomic E-state index is 12.1. The molecular weight excluding hydrogens is 268 g/mol. The largest absolute Gasteiger partial charge is 0.445 e. The SMILES string of the molecule is O=C1CCC2(CCN(C(=O)OCc3ccccc3)CC2)N1. The Balaban J connectivity index is 1.48. The minimum Gasteiger partial charge on any atom is -0.445 e. The molecule has 0 aliphatic carbocycles. The Morgan fingerprint density at radius 2 is 1.90 bits per heavy atom. The Hall–Kier alpha value is -2.04. The van der Waals surface area contributed by atoms with E-state index in [-0.39, 0.29) is 17.5 Å². The molecule has 2 aliphatic heterocycles. The van der Waals surface area contributed by atoms with E-state index in [0.29, 0.717) is 26.1 Å². The van der Waals surface area contributed by atoms with Gasteiger partial charge in [0.2, 0.25) is 5.91 Å². The van der Waals surface area contributed by atoms with E-state index < -0.39 is 0 Å². The fraction of sp³-hybridized carbons (Fsp3) is 0.500. The van der Waals surface area contributed by atoms with Crippen molar-refractivity contribution in [2.75, 3.05) is 13.1 Å². The first kappa shape index (κ1) is 13.9. The molecule has 1 aromatic carbocycles. The zero-order valence-electron chi connectivity index (χ0n) is 12.0. The maximum absolute atomic E-state index is 12.1. The van der Waals surface area contributed by atoms with E-state index in [1.165, 1.54) is 0 Å². The fourth-order valence-electron chi connectivity index (χ4n) is 3.08. The van der Waals surface area contributed by atoms with Crippen LogP contribution in [-0.4, -0.2) is 35.5 Å². The van der Waals surface area contributed by atoms with Gasteiger partial charge in [0.1, 0.15) is 6.61 Å². The predicted octanol–water partition coefficient (Wildman–Crippen LogP) is 2.07. The number of piperidine rings is 1. The van der Waals surface area contributed by atoms with Gasteiger partial charge in [0.05, 0.1) is 0 Å². The number of nitrogens with zero attached hydrogens (tertiary/aromatic N) is 1. The highest BCUT2D eigenvalue weighted by Crippen LogP contribution is 2.31. The van der Waals surface area contributed by atoms with Crippen molar-refractivity contribution in [2.24, 2.45) is 0 Å². The van der Waals surface area contributed by atoms with Crippen LogP contribution in [0.15, 0.2) is 30.3 Å². The van der Waals surface area contributed by atoms with E-state index in [4.69, 9.17) is 4.74 Å². The molecule has 2 aliphatic rings. The van der Waals surface area contributed by atoms with Crippen molar-refractivity contribution < 1.29 is 14.3 Å². The van der Waals surface area contributed by atoms with E-state index in [1.54, 1.807) is 4.90 Å². The Morgan fingerprint density at radius 1 is 1.19 bits per heavy atom. The van der Waals surface area contributed by atoms with Gasteiger partial charge in [-0.25, -0.2) is 4.79 Å². The van der Waals surface area contributed by atoms with E-state index in [9.17, 15) is 9.59 Å². The molecule has 112 valence electrons. The van der Waals surface area contributed by atoms with Crippen molar-refractivity contribution in [3.05, 3.63) is 35.9 Å². The fourth-order valence-corrected chi connectivity index (χ4v) is 3.08. The van der Waals surface area contributed by atoms with Gasteiger partial charge in [0.15, 0.2) is 0 Å². The number of benzene rings is 1. The van der Waals surface area contributed by atoms with Gasteiger partial charge < -0.3 is 15.0 Å². The molecule has 2 amide bonds. The average Bonchev–Trinajstić information content (AvgIpc) is 2.87. The van der Waals surface area contributed by atoms with Crippen molar-refractivity contribution in [3.8, 4) is 0 Å². The van der Waals surface area contributed by atoms with Crippen LogP contribution in [0.25, 0.3) is 0 Å². The molecule has 5 nitrogen and oxygen atoms in total. The Kier molecular flexibility index (Phi) is 3.82. The van der Waals surface area contributed by atoms with Crippen LogP contribution in [0.2, 0.25) is 0 Å². The highest BCUT2D eigenvalue weighted by atomic mass is 16.6. The quantitative estimate of drug-likeness (QED) is 0.906. The van der Waals surface area contributed by atoms with E-state index in [1.807, 2.05) is 30.3 Å². The number of rotatable bonds is 2. The van der Waals surface area contributed by atoms with Gasteiger partial charge in [-0.05, 0) is 24.8 Å². The molecule has 0 atom stereocenters. The molecule has 0 radical (unpaired) electrons. The van der Waals surface area contributed by atoms with Crippen LogP contribution in [0.4, 0.5) is 4.79 Å². The number of amides is 2. The van der Waals surface area contributed by atoms with Crippen LogP contribution < -0.4 is 5.32 Å². The van der Waals surface area contributed by atoms with E-state index in [2.05, 4.69) is 5.32 Å². The first-order chi connectivity index (χ1) is 10.2. The van der Waals surface area contributed by atoms with E-state index >= 15 is 0 Å². The molecule has 0 unspecified atom stereocenters. The average molecular weight is 288 g/mol. The number of likely N-dealkylation sites (tertiary alicyclic amines) is 1. The number of hydrogen-bond donors (Lipinski definition) is 1. The lowest BCUT2D eigenvalue weighted by molar-refractivity contribution is -0.120. The van der Waals surface area contributed by atoms with Gasteiger partial charge in [-0.15, -0.1) is 0 Å². The second kappa shape index (κ2) is 5.76. The van der Waals surface area contributed by atoms with Crippen molar-refractivity contribution >= 4 is 12.0 Å². The number of carbonyl (C=O) groups is 2. The smallest absolute Gasteiger partial charge is 0.410 e. The van der Waals surface area contributed by atoms with Crippen molar-refractivity contribution in [2.45, 2.75) is 37.8 Å². The van der Waals surface area contributed by atoms with Gasteiger partial charge in [0, 0.05) is 25.0 Å². The minimum absolute atomic E-state index is 0.0761. The molecule has 0 saturated carbocycles. The number of hydrogen-bond acceptors (Lipinski definition) is 3. The summed E-state index contributed by atoms with van der Waals surface area (Å²) >= 11 is 0. The molecule has 21 heavy (non-hydrogen) atoms. The lowest BCUT2D eigenvalue weighted by Crippen LogP contribution is -2.52. The third kappa shape index (κ3) is 3.17. The monoisotopic (exact) mass is 288 g/mol. The lowest BCUT2D eigenvalue weighted by atomic mass is 9.86. The van der Waals surface area contributed by atoms with E-state index in [0.717, 1.165) is 24.8 Å². The summed E-state index contributed by atoms with van der Waals surface area (Å²) in [5.41, 5.74) is 0.912. The zero-order valence-corrected chi connectivity index (χ0v) is 12.0. The van der Waals surface area contributed by atoms with Crippen molar-refractivity contribution in [1.29, 1.82) is 0 Å². The summed E-state index contributed by atoms with van der Waals surface area (Å²) < 4.78 is 5.34. The minimum atomic E-state index is -0.266. The summed E-state index contributed by atoms with van der Waals surface area (Å²) in [5.74, 6) is 0.134. The summed E-state index contributed by atoms with van der Waals surface area (Å²) in [6.45, 7) is 1.60. The van der Waals surface area contributed by atoms with Gasteiger partial charge >= 0.3 is 6.09 Å². The van der Waals surface area contributed by atoms with Crippen LogP contribution in [-0.2, 0) is 16.1 Å². The summed E-state index contributed by atoms with van der Waals surface area (Å²) in [4.78, 5) is 25.2. The number of nitrogens with one attached hydrogen (secondary N) is 1. The Morgan fingerprint density at radius 3 is 2.52 bits per heavy atom. The second-order valence-corrected chi connectivity index (χ2v) is 5.86. The Bertz CT molecular complexity index is 522. The predicted molar refractivity (Wildman–Crippen MR) is 77.5 cm³/mol. The standard InChI is InChI=1S/C16H20N2O3/c19-14-6-7-16(17-14)8-10-18(11-9-16)15(20)21-12-13-4-2-1-3-5-13/h1-5H,6-12H2,(H,17,19). The molecule has 1 spiro atoms. The Labute approximate surface area is 124 Å². The maximum Gasteiger partial charge on any atom is 0.410 e. The molecule has 1 aromatic rings. The summed E-state index contributed by atoms with van der Waals surface area (Å²) in [7, 11) is 0. The van der Waals surface area contributed by atoms with Gasteiger partial charge in [-0.1, -0.05) is 30.3 Å².